The molecule has 0 unspecified atom stereocenters. The number of hydrogen-bond acceptors (Lipinski definition) is 3. The Labute approximate surface area is 113 Å². The zero-order chi connectivity index (χ0) is 13.7. The Morgan fingerprint density at radius 2 is 2.05 bits per heavy atom. The quantitative estimate of drug-likeness (QED) is 0.761. The first kappa shape index (κ1) is 13.2. The molecule has 0 bridgehead atoms. The summed E-state index contributed by atoms with van der Waals surface area (Å²) in [7, 11) is 1.64. The first-order chi connectivity index (χ1) is 9.30. The lowest BCUT2D eigenvalue weighted by atomic mass is 10.1. The molecule has 0 saturated heterocycles. The van der Waals surface area contributed by atoms with E-state index in [2.05, 4.69) is 13.0 Å². The molecule has 3 heteroatoms. The third-order valence-corrected chi connectivity index (χ3v) is 3.03. The average Bonchev–Trinajstić information content (AvgIpc) is 2.46. The monoisotopic (exact) mass is 255 g/mol. The highest BCUT2D eigenvalue weighted by atomic mass is 16.5. The Kier molecular flexibility index (Phi) is 4.25. The summed E-state index contributed by atoms with van der Waals surface area (Å²) < 4.78 is 11.2. The van der Waals surface area contributed by atoms with E-state index in [1.807, 2.05) is 24.3 Å². The molecule has 2 rings (SSSR count). The lowest BCUT2D eigenvalue weighted by molar-refractivity contribution is 0.292. The van der Waals surface area contributed by atoms with Crippen LogP contribution in [0.2, 0.25) is 0 Å². The van der Waals surface area contributed by atoms with E-state index in [-0.39, 0.29) is 0 Å². The molecule has 0 aliphatic carbocycles. The van der Waals surface area contributed by atoms with Crippen LogP contribution in [0.3, 0.4) is 0 Å². The predicted octanol–water partition coefficient (Wildman–Crippen LogP) is 3.90. The van der Waals surface area contributed by atoms with Crippen molar-refractivity contribution in [3.63, 3.8) is 0 Å². The second-order valence-electron chi connectivity index (χ2n) is 4.35. The van der Waals surface area contributed by atoms with Crippen LogP contribution < -0.4 is 9.47 Å². The molecule has 0 N–H and O–H groups in total. The second kappa shape index (κ2) is 6.10. The second-order valence-corrected chi connectivity index (χ2v) is 4.35. The van der Waals surface area contributed by atoms with E-state index in [0.717, 1.165) is 35.1 Å². The summed E-state index contributed by atoms with van der Waals surface area (Å²) in [4.78, 5) is 0. The van der Waals surface area contributed by atoms with Gasteiger partial charge in [-0.1, -0.05) is 19.4 Å². The Morgan fingerprint density at radius 3 is 2.74 bits per heavy atom. The standard InChI is InChI=1S/C16H17NO2/c1-3-4-9-19-16-14-7-5-12(11-17)10-13(14)6-8-15(16)18-2/h5-8,10H,3-4,9H2,1-2H3. The molecule has 98 valence electrons. The fourth-order valence-corrected chi connectivity index (χ4v) is 1.98. The minimum atomic E-state index is 0.650. The Morgan fingerprint density at radius 1 is 1.21 bits per heavy atom. The van der Waals surface area contributed by atoms with Crippen LogP contribution in [-0.2, 0) is 0 Å². The van der Waals surface area contributed by atoms with E-state index < -0.39 is 0 Å². The first-order valence-corrected chi connectivity index (χ1v) is 6.43. The summed E-state index contributed by atoms with van der Waals surface area (Å²) in [6.45, 7) is 2.80. The van der Waals surface area contributed by atoms with Crippen LogP contribution in [-0.4, -0.2) is 13.7 Å². The van der Waals surface area contributed by atoms with Crippen LogP contribution in [0.1, 0.15) is 25.3 Å². The van der Waals surface area contributed by atoms with Crippen LogP contribution in [0.15, 0.2) is 30.3 Å². The minimum Gasteiger partial charge on any atom is -0.493 e. The van der Waals surface area contributed by atoms with Gasteiger partial charge in [-0.05, 0) is 36.1 Å². The molecule has 0 aromatic heterocycles. The van der Waals surface area contributed by atoms with Crippen molar-refractivity contribution in [2.45, 2.75) is 19.8 Å². The fourth-order valence-electron chi connectivity index (χ4n) is 1.98. The topological polar surface area (TPSA) is 42.2 Å². The summed E-state index contributed by atoms with van der Waals surface area (Å²) in [6, 6.07) is 11.6. The van der Waals surface area contributed by atoms with Crippen molar-refractivity contribution in [1.29, 1.82) is 5.26 Å². The van der Waals surface area contributed by atoms with Crippen molar-refractivity contribution in [3.8, 4) is 17.6 Å². The SMILES string of the molecule is CCCCOc1c(OC)ccc2cc(C#N)ccc12. The highest BCUT2D eigenvalue weighted by Gasteiger charge is 2.10. The lowest BCUT2D eigenvalue weighted by Gasteiger charge is -2.13. The fraction of sp³-hybridized carbons (Fsp3) is 0.312. The van der Waals surface area contributed by atoms with Crippen LogP contribution in [0.25, 0.3) is 10.8 Å². The maximum Gasteiger partial charge on any atom is 0.168 e. The van der Waals surface area contributed by atoms with Gasteiger partial charge in [0.15, 0.2) is 11.5 Å². The predicted molar refractivity (Wildman–Crippen MR) is 75.6 cm³/mol. The van der Waals surface area contributed by atoms with Crippen molar-refractivity contribution in [2.24, 2.45) is 0 Å². The van der Waals surface area contributed by atoms with Gasteiger partial charge in [-0.25, -0.2) is 0 Å². The number of ether oxygens (including phenoxy) is 2. The highest BCUT2D eigenvalue weighted by Crippen LogP contribution is 2.36. The molecule has 19 heavy (non-hydrogen) atoms. The normalized spacial score (nSPS) is 10.2. The van der Waals surface area contributed by atoms with Gasteiger partial charge in [-0.2, -0.15) is 5.26 Å². The molecule has 0 heterocycles. The number of nitrogens with zero attached hydrogens (tertiary/aromatic N) is 1. The number of hydrogen-bond donors (Lipinski definition) is 0. The van der Waals surface area contributed by atoms with Crippen LogP contribution in [0.4, 0.5) is 0 Å². The van der Waals surface area contributed by atoms with Crippen LogP contribution in [0, 0.1) is 11.3 Å². The van der Waals surface area contributed by atoms with Crippen LogP contribution in [0.5, 0.6) is 11.5 Å². The smallest absolute Gasteiger partial charge is 0.168 e. The van der Waals surface area contributed by atoms with Crippen LogP contribution >= 0.6 is 0 Å². The zero-order valence-corrected chi connectivity index (χ0v) is 11.3. The Bertz CT molecular complexity index is 614. The van der Waals surface area contributed by atoms with Crippen molar-refractivity contribution in [3.05, 3.63) is 35.9 Å². The molecule has 0 atom stereocenters. The van der Waals surface area contributed by atoms with Crippen molar-refractivity contribution in [1.82, 2.24) is 0 Å². The zero-order valence-electron chi connectivity index (χ0n) is 11.3. The average molecular weight is 255 g/mol. The van der Waals surface area contributed by atoms with E-state index in [9.17, 15) is 0 Å². The molecule has 0 radical (unpaired) electrons. The third-order valence-electron chi connectivity index (χ3n) is 3.03. The summed E-state index contributed by atoms with van der Waals surface area (Å²) in [6.07, 6.45) is 2.10. The van der Waals surface area contributed by atoms with Gasteiger partial charge in [0, 0.05) is 5.39 Å². The van der Waals surface area contributed by atoms with E-state index in [4.69, 9.17) is 14.7 Å². The van der Waals surface area contributed by atoms with Gasteiger partial charge >= 0.3 is 0 Å². The van der Waals surface area contributed by atoms with E-state index in [1.165, 1.54) is 0 Å². The molecular formula is C16H17NO2. The molecule has 0 fully saturated rings. The van der Waals surface area contributed by atoms with Gasteiger partial charge in [0.1, 0.15) is 0 Å². The number of nitriles is 1. The maximum absolute atomic E-state index is 8.93. The molecule has 0 saturated carbocycles. The van der Waals surface area contributed by atoms with Gasteiger partial charge in [-0.15, -0.1) is 0 Å². The molecule has 0 amide bonds. The molecule has 3 nitrogen and oxygen atoms in total. The number of methoxy groups -OCH3 is 1. The van der Waals surface area contributed by atoms with Gasteiger partial charge in [0.2, 0.25) is 0 Å². The number of fused-ring (bicyclic) bond motifs is 1. The summed E-state index contributed by atoms with van der Waals surface area (Å²) in [5, 5.41) is 10.9. The summed E-state index contributed by atoms with van der Waals surface area (Å²) in [5.74, 6) is 1.49. The molecular weight excluding hydrogens is 238 g/mol. The van der Waals surface area contributed by atoms with E-state index in [0.29, 0.717) is 12.2 Å². The van der Waals surface area contributed by atoms with Gasteiger partial charge in [-0.3, -0.25) is 0 Å². The van der Waals surface area contributed by atoms with Crippen molar-refractivity contribution >= 4 is 10.8 Å². The molecule has 0 spiro atoms. The van der Waals surface area contributed by atoms with Gasteiger partial charge < -0.3 is 9.47 Å². The maximum atomic E-state index is 8.93. The lowest BCUT2D eigenvalue weighted by Crippen LogP contribution is -1.99. The number of benzene rings is 2. The molecule has 0 aliphatic rings. The van der Waals surface area contributed by atoms with Gasteiger partial charge in [0.05, 0.1) is 25.3 Å². The van der Waals surface area contributed by atoms with Crippen molar-refractivity contribution in [2.75, 3.05) is 13.7 Å². The van der Waals surface area contributed by atoms with E-state index in [1.54, 1.807) is 13.2 Å². The van der Waals surface area contributed by atoms with E-state index >= 15 is 0 Å². The molecule has 2 aromatic rings. The first-order valence-electron chi connectivity index (χ1n) is 6.43. The number of unbranched alkanes of at least 4 members (excludes halogenated alkanes) is 1. The minimum absolute atomic E-state index is 0.650. The molecule has 2 aromatic carbocycles. The highest BCUT2D eigenvalue weighted by molar-refractivity contribution is 5.91. The largest absolute Gasteiger partial charge is 0.493 e. The Hall–Kier alpha value is -2.21. The van der Waals surface area contributed by atoms with Crippen molar-refractivity contribution < 1.29 is 9.47 Å². The van der Waals surface area contributed by atoms with Gasteiger partial charge in [0.25, 0.3) is 0 Å². The summed E-state index contributed by atoms with van der Waals surface area (Å²) in [5.41, 5.74) is 0.650. The Balaban J connectivity index is 2.47. The number of rotatable bonds is 5. The third kappa shape index (κ3) is 2.79. The summed E-state index contributed by atoms with van der Waals surface area (Å²) >= 11 is 0. The molecule has 0 aliphatic heterocycles.